The molecule has 2 unspecified atom stereocenters. The number of carbonyl (C=O) groups is 2. The van der Waals surface area contributed by atoms with E-state index in [1.165, 1.54) is 6.07 Å². The number of alkyl halides is 3. The van der Waals surface area contributed by atoms with Crippen LogP contribution in [0.1, 0.15) is 67.5 Å². The maximum Gasteiger partial charge on any atom is 0.431 e. The van der Waals surface area contributed by atoms with Gasteiger partial charge in [-0.1, -0.05) is 0 Å². The molecule has 1 spiro atoms. The number of aromatic nitrogens is 3. The second-order valence-electron chi connectivity index (χ2n) is 11.5. The van der Waals surface area contributed by atoms with Gasteiger partial charge in [-0.05, 0) is 68.9 Å². The number of likely N-dealkylation sites (tertiary alicyclic amines) is 1. The maximum atomic E-state index is 13.3. The first-order valence-electron chi connectivity index (χ1n) is 13.9. The predicted octanol–water partition coefficient (Wildman–Crippen LogP) is 3.82. The number of carbonyl (C=O) groups excluding carboxylic acids is 2. The molecule has 2 aromatic heterocycles. The van der Waals surface area contributed by atoms with Gasteiger partial charge in [0.1, 0.15) is 29.4 Å². The van der Waals surface area contributed by atoms with Crippen molar-refractivity contribution in [2.45, 2.75) is 69.6 Å². The Kier molecular flexibility index (Phi) is 6.66. The number of aromatic amines is 1. The molecule has 6 rings (SSSR count). The fourth-order valence-electron chi connectivity index (χ4n) is 6.26. The van der Waals surface area contributed by atoms with Crippen molar-refractivity contribution in [3.8, 4) is 0 Å². The summed E-state index contributed by atoms with van der Waals surface area (Å²) in [4.78, 5) is 40.9. The Morgan fingerprint density at radius 3 is 2.49 bits per heavy atom. The number of piperidine rings is 2. The van der Waals surface area contributed by atoms with Crippen LogP contribution in [-0.2, 0) is 11.0 Å². The smallest absolute Gasteiger partial charge is 0.367 e. The highest BCUT2D eigenvalue weighted by molar-refractivity contribution is 5.92. The Balaban J connectivity index is 1.02. The molecule has 2 saturated heterocycles. The average molecular weight is 546 g/mol. The third-order valence-electron chi connectivity index (χ3n) is 8.95. The zero-order chi connectivity index (χ0) is 27.2. The molecule has 9 nitrogen and oxygen atoms in total. The summed E-state index contributed by atoms with van der Waals surface area (Å²) in [6.45, 7) is 2.40. The standard InChI is InChI=1S/C27H34F3N7O2/c28-27(29,30)21-6-5-19(34-21)25(39)36-12-9-26(10-13-36)8-7-20(26)35-24(38)17-2-1-11-37(15-17)23-14-22(31-16-32-23)33-18-3-4-18/h5-6,14,16-18,20,34H,1-4,7-13,15H2,(H,35,38)(H,31,32,33). The van der Waals surface area contributed by atoms with E-state index >= 15 is 0 Å². The second kappa shape index (κ2) is 10.0. The van der Waals surface area contributed by atoms with Crippen LogP contribution in [0.25, 0.3) is 0 Å². The number of hydrogen-bond donors (Lipinski definition) is 3. The molecule has 4 aliphatic rings. The lowest BCUT2D eigenvalue weighted by Gasteiger charge is -2.54. The third kappa shape index (κ3) is 5.42. The first kappa shape index (κ1) is 25.9. The van der Waals surface area contributed by atoms with Gasteiger partial charge < -0.3 is 25.4 Å². The van der Waals surface area contributed by atoms with Crippen molar-refractivity contribution in [3.05, 3.63) is 35.9 Å². The molecule has 0 bridgehead atoms. The highest BCUT2D eigenvalue weighted by Gasteiger charge is 2.50. The molecule has 0 radical (unpaired) electrons. The minimum Gasteiger partial charge on any atom is -0.367 e. The molecular weight excluding hydrogens is 511 g/mol. The molecule has 4 fully saturated rings. The molecule has 3 N–H and O–H groups in total. The van der Waals surface area contributed by atoms with Crippen LogP contribution in [0.5, 0.6) is 0 Å². The summed E-state index contributed by atoms with van der Waals surface area (Å²) < 4.78 is 38.7. The van der Waals surface area contributed by atoms with Gasteiger partial charge in [-0.3, -0.25) is 9.59 Å². The van der Waals surface area contributed by atoms with Crippen molar-refractivity contribution in [2.24, 2.45) is 11.3 Å². The van der Waals surface area contributed by atoms with E-state index in [-0.39, 0.29) is 29.0 Å². The molecule has 2 atom stereocenters. The summed E-state index contributed by atoms with van der Waals surface area (Å²) in [6.07, 6.45) is 4.48. The average Bonchev–Trinajstić information content (AvgIpc) is 3.59. The maximum absolute atomic E-state index is 13.3. The first-order chi connectivity index (χ1) is 18.7. The van der Waals surface area contributed by atoms with Crippen molar-refractivity contribution in [1.29, 1.82) is 0 Å². The van der Waals surface area contributed by atoms with E-state index in [1.54, 1.807) is 11.2 Å². The van der Waals surface area contributed by atoms with Crippen molar-refractivity contribution < 1.29 is 22.8 Å². The Labute approximate surface area is 224 Å². The van der Waals surface area contributed by atoms with Crippen molar-refractivity contribution in [3.63, 3.8) is 0 Å². The molecule has 2 saturated carbocycles. The minimum absolute atomic E-state index is 0.0438. The number of nitrogens with zero attached hydrogens (tertiary/aromatic N) is 4. The summed E-state index contributed by atoms with van der Waals surface area (Å²) in [5.74, 6) is 1.20. The molecule has 0 aromatic carbocycles. The van der Waals surface area contributed by atoms with Gasteiger partial charge in [0.25, 0.3) is 5.91 Å². The second-order valence-corrected chi connectivity index (χ2v) is 11.5. The van der Waals surface area contributed by atoms with Crippen molar-refractivity contribution >= 4 is 23.5 Å². The molecule has 2 aliphatic heterocycles. The van der Waals surface area contributed by atoms with Crippen LogP contribution in [0.2, 0.25) is 0 Å². The van der Waals surface area contributed by atoms with Crippen LogP contribution >= 0.6 is 0 Å². The number of hydrogen-bond acceptors (Lipinski definition) is 6. The Morgan fingerprint density at radius 1 is 1.03 bits per heavy atom. The zero-order valence-electron chi connectivity index (χ0n) is 21.8. The lowest BCUT2D eigenvalue weighted by molar-refractivity contribution is -0.140. The van der Waals surface area contributed by atoms with Gasteiger partial charge in [-0.15, -0.1) is 0 Å². The summed E-state index contributed by atoms with van der Waals surface area (Å²) in [5.41, 5.74) is -1.01. The molecule has 4 heterocycles. The minimum atomic E-state index is -4.51. The molecule has 39 heavy (non-hydrogen) atoms. The summed E-state index contributed by atoms with van der Waals surface area (Å²) in [6, 6.07) is 4.63. The van der Waals surface area contributed by atoms with Crippen LogP contribution in [0.4, 0.5) is 24.8 Å². The van der Waals surface area contributed by atoms with Crippen LogP contribution in [0.3, 0.4) is 0 Å². The number of anilines is 2. The normalized spacial score (nSPS) is 24.8. The largest absolute Gasteiger partial charge is 0.431 e. The quantitative estimate of drug-likeness (QED) is 0.510. The summed E-state index contributed by atoms with van der Waals surface area (Å²) in [7, 11) is 0. The van der Waals surface area contributed by atoms with E-state index in [9.17, 15) is 22.8 Å². The molecule has 2 aromatic rings. The molecular formula is C27H34F3N7O2. The molecule has 2 amide bonds. The van der Waals surface area contributed by atoms with Crippen LogP contribution in [0.15, 0.2) is 24.5 Å². The highest BCUT2D eigenvalue weighted by atomic mass is 19.4. The lowest BCUT2D eigenvalue weighted by atomic mass is 9.59. The number of nitrogens with one attached hydrogen (secondary N) is 3. The van der Waals surface area contributed by atoms with Gasteiger partial charge in [-0.2, -0.15) is 13.2 Å². The summed E-state index contributed by atoms with van der Waals surface area (Å²) in [5, 5.41) is 6.72. The number of rotatable bonds is 6. The SMILES string of the molecule is O=C(NC1CCC12CCN(C(=O)c1ccc(C(F)(F)F)[nH]1)CC2)C1CCCN(c2cc(NC3CC3)ncn2)C1. The molecule has 2 aliphatic carbocycles. The monoisotopic (exact) mass is 545 g/mol. The van der Waals surface area contributed by atoms with E-state index in [4.69, 9.17) is 0 Å². The van der Waals surface area contributed by atoms with Crippen LogP contribution in [-0.4, -0.2) is 69.9 Å². The van der Waals surface area contributed by atoms with Crippen LogP contribution < -0.4 is 15.5 Å². The predicted molar refractivity (Wildman–Crippen MR) is 138 cm³/mol. The Morgan fingerprint density at radius 2 is 1.82 bits per heavy atom. The molecule has 12 heteroatoms. The van der Waals surface area contributed by atoms with Crippen molar-refractivity contribution in [2.75, 3.05) is 36.4 Å². The van der Waals surface area contributed by atoms with E-state index in [0.717, 1.165) is 75.6 Å². The summed E-state index contributed by atoms with van der Waals surface area (Å²) >= 11 is 0. The fraction of sp³-hybridized carbons (Fsp3) is 0.630. The number of H-pyrrole nitrogens is 1. The van der Waals surface area contributed by atoms with Crippen LogP contribution in [0, 0.1) is 11.3 Å². The topological polar surface area (TPSA) is 106 Å². The Hall–Kier alpha value is -3.31. The van der Waals surface area contributed by atoms with E-state index in [0.29, 0.717) is 25.7 Å². The van der Waals surface area contributed by atoms with Gasteiger partial charge >= 0.3 is 6.18 Å². The van der Waals surface area contributed by atoms with Gasteiger partial charge in [-0.25, -0.2) is 9.97 Å². The number of halogens is 3. The van der Waals surface area contributed by atoms with E-state index < -0.39 is 17.8 Å². The highest BCUT2D eigenvalue weighted by Crippen LogP contribution is 2.49. The van der Waals surface area contributed by atoms with Crippen molar-refractivity contribution in [1.82, 2.24) is 25.2 Å². The Bertz CT molecular complexity index is 1220. The fourth-order valence-corrected chi connectivity index (χ4v) is 6.26. The van der Waals surface area contributed by atoms with Gasteiger partial charge in [0.15, 0.2) is 0 Å². The van der Waals surface area contributed by atoms with Gasteiger partial charge in [0.2, 0.25) is 5.91 Å². The van der Waals surface area contributed by atoms with Gasteiger partial charge in [0, 0.05) is 44.3 Å². The lowest BCUT2D eigenvalue weighted by Crippen LogP contribution is -2.61. The first-order valence-corrected chi connectivity index (χ1v) is 13.9. The number of amides is 2. The van der Waals surface area contributed by atoms with E-state index in [2.05, 4.69) is 30.5 Å². The third-order valence-corrected chi connectivity index (χ3v) is 8.95. The molecule has 210 valence electrons. The van der Waals surface area contributed by atoms with E-state index in [1.807, 2.05) is 6.07 Å². The van der Waals surface area contributed by atoms with Gasteiger partial charge in [0.05, 0.1) is 5.92 Å². The zero-order valence-corrected chi connectivity index (χ0v) is 21.8.